The van der Waals surface area contributed by atoms with Crippen molar-refractivity contribution >= 4 is 21.4 Å². The van der Waals surface area contributed by atoms with E-state index in [0.29, 0.717) is 23.7 Å². The number of nitrogens with one attached hydrogen (secondary N) is 1. The molecule has 0 atom stereocenters. The maximum absolute atomic E-state index is 11.7. The first-order chi connectivity index (χ1) is 9.39. The molecule has 0 fully saturated rings. The van der Waals surface area contributed by atoms with Gasteiger partial charge in [-0.05, 0) is 12.1 Å². The number of rotatable bonds is 5. The van der Waals surface area contributed by atoms with Crippen molar-refractivity contribution in [2.75, 3.05) is 6.26 Å². The smallest absolute Gasteiger partial charge is 0.175 e. The third-order valence-electron chi connectivity index (χ3n) is 2.98. The third kappa shape index (κ3) is 3.39. The molecule has 108 valence electrons. The van der Waals surface area contributed by atoms with Crippen LogP contribution in [0.3, 0.4) is 0 Å². The van der Waals surface area contributed by atoms with Crippen LogP contribution in [0.15, 0.2) is 35.5 Å². The molecule has 1 aromatic carbocycles. The lowest BCUT2D eigenvalue weighted by molar-refractivity contribution is 0.596. The molecule has 0 amide bonds. The van der Waals surface area contributed by atoms with Crippen molar-refractivity contribution in [1.29, 1.82) is 0 Å². The summed E-state index contributed by atoms with van der Waals surface area (Å²) in [5.41, 5.74) is 0.589. The molecule has 0 saturated heterocycles. The van der Waals surface area contributed by atoms with Crippen LogP contribution in [0.4, 0.5) is 0 Å². The molecule has 0 radical (unpaired) electrons. The Bertz CT molecular complexity index is 710. The van der Waals surface area contributed by atoms with E-state index in [1.807, 2.05) is 17.8 Å². The summed E-state index contributed by atoms with van der Waals surface area (Å²) in [7, 11) is -1.39. The van der Waals surface area contributed by atoms with Gasteiger partial charge in [-0.25, -0.2) is 13.4 Å². The Balaban J connectivity index is 2.16. The van der Waals surface area contributed by atoms with Crippen LogP contribution in [0.25, 0.3) is 0 Å². The van der Waals surface area contributed by atoms with E-state index in [0.717, 1.165) is 5.82 Å². The van der Waals surface area contributed by atoms with Gasteiger partial charge in [0, 0.05) is 42.8 Å². The van der Waals surface area contributed by atoms with Crippen LogP contribution in [0.5, 0.6) is 0 Å². The highest BCUT2D eigenvalue weighted by molar-refractivity contribution is 7.90. The molecular weight excluding hydrogens is 298 g/mol. The van der Waals surface area contributed by atoms with E-state index in [9.17, 15) is 8.42 Å². The maximum atomic E-state index is 11.7. The molecule has 0 bridgehead atoms. The van der Waals surface area contributed by atoms with Crippen molar-refractivity contribution < 1.29 is 8.42 Å². The average Bonchev–Trinajstić information content (AvgIpc) is 2.76. The van der Waals surface area contributed by atoms with Crippen LogP contribution in [0.1, 0.15) is 11.4 Å². The van der Waals surface area contributed by atoms with Gasteiger partial charge < -0.3 is 9.88 Å². The fourth-order valence-corrected chi connectivity index (χ4v) is 3.18. The van der Waals surface area contributed by atoms with E-state index >= 15 is 0 Å². The van der Waals surface area contributed by atoms with Crippen molar-refractivity contribution in [2.45, 2.75) is 18.0 Å². The van der Waals surface area contributed by atoms with Gasteiger partial charge in [0.05, 0.1) is 11.4 Å². The number of sulfone groups is 1. The van der Waals surface area contributed by atoms with E-state index in [-0.39, 0.29) is 4.90 Å². The average molecular weight is 314 g/mol. The Morgan fingerprint density at radius 1 is 1.35 bits per heavy atom. The van der Waals surface area contributed by atoms with Gasteiger partial charge in [0.25, 0.3) is 0 Å². The van der Waals surface area contributed by atoms with Crippen molar-refractivity contribution in [2.24, 2.45) is 7.05 Å². The minimum Gasteiger partial charge on any atom is -0.337 e. The van der Waals surface area contributed by atoms with Crippen molar-refractivity contribution in [3.63, 3.8) is 0 Å². The predicted octanol–water partition coefficient (Wildman–Crippen LogP) is 1.77. The topological polar surface area (TPSA) is 64.0 Å². The molecule has 2 rings (SSSR count). The zero-order valence-corrected chi connectivity index (χ0v) is 12.9. The summed E-state index contributed by atoms with van der Waals surface area (Å²) in [6.45, 7) is 0.910. The Labute approximate surface area is 123 Å². The molecule has 0 aliphatic carbocycles. The fourth-order valence-electron chi connectivity index (χ4n) is 1.92. The molecular formula is C13H16ClN3O2S. The van der Waals surface area contributed by atoms with Crippen LogP contribution in [0.2, 0.25) is 5.02 Å². The van der Waals surface area contributed by atoms with Crippen LogP contribution in [0, 0.1) is 0 Å². The summed E-state index contributed by atoms with van der Waals surface area (Å²) in [6, 6.07) is 4.90. The zero-order valence-electron chi connectivity index (χ0n) is 11.3. The summed E-state index contributed by atoms with van der Waals surface area (Å²) in [5, 5.41) is 3.61. The van der Waals surface area contributed by atoms with Crippen molar-refractivity contribution in [1.82, 2.24) is 14.9 Å². The largest absolute Gasteiger partial charge is 0.337 e. The molecule has 1 N–H and O–H groups in total. The first kappa shape index (κ1) is 15.0. The number of halogens is 1. The summed E-state index contributed by atoms with van der Waals surface area (Å²) < 4.78 is 25.4. The van der Waals surface area contributed by atoms with Crippen molar-refractivity contribution in [3.05, 3.63) is 47.0 Å². The maximum Gasteiger partial charge on any atom is 0.175 e. The molecule has 0 unspecified atom stereocenters. The third-order valence-corrected chi connectivity index (χ3v) is 4.52. The van der Waals surface area contributed by atoms with E-state index in [1.165, 1.54) is 6.26 Å². The highest BCUT2D eigenvalue weighted by Crippen LogP contribution is 2.23. The number of aryl methyl sites for hydroxylation is 1. The standard InChI is InChI=1S/C13H16ClN3O2S/c1-17-7-6-16-13(17)9-15-8-10-11(14)4-3-5-12(10)20(2,18)19/h3-7,15H,8-9H2,1-2H3. The molecule has 0 saturated carbocycles. The van der Waals surface area contributed by atoms with Gasteiger partial charge in [-0.3, -0.25) is 0 Å². The van der Waals surface area contributed by atoms with Gasteiger partial charge >= 0.3 is 0 Å². The van der Waals surface area contributed by atoms with E-state index in [2.05, 4.69) is 10.3 Å². The van der Waals surface area contributed by atoms with Crippen LogP contribution < -0.4 is 5.32 Å². The van der Waals surface area contributed by atoms with Crippen LogP contribution in [-0.4, -0.2) is 24.2 Å². The second-order valence-corrected chi connectivity index (χ2v) is 6.94. The van der Waals surface area contributed by atoms with Gasteiger partial charge in [-0.15, -0.1) is 0 Å². The van der Waals surface area contributed by atoms with Gasteiger partial charge in [-0.1, -0.05) is 17.7 Å². The lowest BCUT2D eigenvalue weighted by atomic mass is 10.2. The predicted molar refractivity (Wildman–Crippen MR) is 78.3 cm³/mol. The van der Waals surface area contributed by atoms with Crippen molar-refractivity contribution in [3.8, 4) is 0 Å². The summed E-state index contributed by atoms with van der Waals surface area (Å²) in [6.07, 6.45) is 4.75. The number of nitrogens with zero attached hydrogens (tertiary/aromatic N) is 2. The Kier molecular flexibility index (Phi) is 4.47. The molecule has 2 aromatic rings. The monoisotopic (exact) mass is 313 g/mol. The summed E-state index contributed by atoms with van der Waals surface area (Å²) >= 11 is 6.10. The zero-order chi connectivity index (χ0) is 14.8. The lowest BCUT2D eigenvalue weighted by Gasteiger charge is -2.11. The van der Waals surface area contributed by atoms with Crippen LogP contribution >= 0.6 is 11.6 Å². The Morgan fingerprint density at radius 2 is 2.10 bits per heavy atom. The molecule has 1 aromatic heterocycles. The molecule has 0 aliphatic rings. The molecule has 5 nitrogen and oxygen atoms in total. The van der Waals surface area contributed by atoms with E-state index in [4.69, 9.17) is 11.6 Å². The van der Waals surface area contributed by atoms with E-state index < -0.39 is 9.84 Å². The van der Waals surface area contributed by atoms with Gasteiger partial charge in [0.2, 0.25) is 0 Å². The highest BCUT2D eigenvalue weighted by Gasteiger charge is 2.15. The molecule has 20 heavy (non-hydrogen) atoms. The van der Waals surface area contributed by atoms with E-state index in [1.54, 1.807) is 24.4 Å². The second kappa shape index (κ2) is 5.95. The Morgan fingerprint density at radius 3 is 2.70 bits per heavy atom. The summed E-state index contributed by atoms with van der Waals surface area (Å²) in [5.74, 6) is 0.873. The lowest BCUT2D eigenvalue weighted by Crippen LogP contribution is -2.17. The number of hydrogen-bond acceptors (Lipinski definition) is 4. The highest BCUT2D eigenvalue weighted by atomic mass is 35.5. The number of aromatic nitrogens is 2. The SMILES string of the molecule is Cn1ccnc1CNCc1c(Cl)cccc1S(C)(=O)=O. The number of benzene rings is 1. The number of hydrogen-bond donors (Lipinski definition) is 1. The quantitative estimate of drug-likeness (QED) is 0.913. The second-order valence-electron chi connectivity index (χ2n) is 4.55. The van der Waals surface area contributed by atoms with Gasteiger partial charge in [0.1, 0.15) is 5.82 Å². The molecule has 1 heterocycles. The minimum atomic E-state index is -3.29. The van der Waals surface area contributed by atoms with Crippen LogP contribution in [-0.2, 0) is 30.0 Å². The first-order valence-electron chi connectivity index (χ1n) is 6.04. The normalized spacial score (nSPS) is 11.8. The fraction of sp³-hybridized carbons (Fsp3) is 0.308. The van der Waals surface area contributed by atoms with Gasteiger partial charge in [0.15, 0.2) is 9.84 Å². The Hall–Kier alpha value is -1.37. The van der Waals surface area contributed by atoms with Gasteiger partial charge in [-0.2, -0.15) is 0 Å². The number of imidazole rings is 1. The molecule has 0 spiro atoms. The molecule has 0 aliphatic heterocycles. The first-order valence-corrected chi connectivity index (χ1v) is 8.31. The summed E-state index contributed by atoms with van der Waals surface area (Å²) in [4.78, 5) is 4.45. The minimum absolute atomic E-state index is 0.261. The molecule has 7 heteroatoms.